The number of hydrogen-bond acceptors (Lipinski definition) is 5. The monoisotopic (exact) mass is 323 g/mol. The number of nitrogens with one attached hydrogen (secondary N) is 1. The van der Waals surface area contributed by atoms with Crippen LogP contribution in [-0.2, 0) is 4.74 Å². The molecule has 2 aromatic rings. The predicted octanol–water partition coefficient (Wildman–Crippen LogP) is 2.77. The molecule has 21 heavy (non-hydrogen) atoms. The predicted molar refractivity (Wildman–Crippen MR) is 81.7 cm³/mol. The van der Waals surface area contributed by atoms with E-state index in [1.165, 1.54) is 11.5 Å². The SMILES string of the molecule is O=C(NC[C@@H]1CCCO1)c1nnsc1-c1ccc(Cl)cc1. The maximum atomic E-state index is 12.2. The Kier molecular flexibility index (Phi) is 4.48. The zero-order valence-electron chi connectivity index (χ0n) is 11.2. The number of rotatable bonds is 4. The van der Waals surface area contributed by atoms with Gasteiger partial charge in [0, 0.05) is 18.2 Å². The van der Waals surface area contributed by atoms with Crippen molar-refractivity contribution in [2.75, 3.05) is 13.2 Å². The summed E-state index contributed by atoms with van der Waals surface area (Å²) in [6, 6.07) is 7.28. The van der Waals surface area contributed by atoms with Gasteiger partial charge < -0.3 is 10.1 Å². The zero-order chi connectivity index (χ0) is 14.7. The van der Waals surface area contributed by atoms with E-state index in [9.17, 15) is 4.79 Å². The van der Waals surface area contributed by atoms with E-state index in [1.54, 1.807) is 12.1 Å². The first kappa shape index (κ1) is 14.4. The second-order valence-electron chi connectivity index (χ2n) is 4.80. The third-order valence-corrected chi connectivity index (χ3v) is 4.35. The minimum atomic E-state index is -0.218. The summed E-state index contributed by atoms with van der Waals surface area (Å²) in [5.41, 5.74) is 1.23. The molecule has 0 bridgehead atoms. The van der Waals surface area contributed by atoms with Crippen molar-refractivity contribution in [2.24, 2.45) is 0 Å². The van der Waals surface area contributed by atoms with Gasteiger partial charge in [0.25, 0.3) is 5.91 Å². The van der Waals surface area contributed by atoms with Gasteiger partial charge in [-0.15, -0.1) is 5.10 Å². The summed E-state index contributed by atoms with van der Waals surface area (Å²) >= 11 is 7.08. The number of carbonyl (C=O) groups excluding carboxylic acids is 1. The molecule has 7 heteroatoms. The molecule has 1 atom stereocenters. The lowest BCUT2D eigenvalue weighted by Crippen LogP contribution is -2.32. The normalized spacial score (nSPS) is 17.9. The van der Waals surface area contributed by atoms with Crippen LogP contribution >= 0.6 is 23.1 Å². The van der Waals surface area contributed by atoms with Gasteiger partial charge in [0.05, 0.1) is 11.0 Å². The van der Waals surface area contributed by atoms with Crippen LogP contribution in [0.5, 0.6) is 0 Å². The first-order valence-corrected chi connectivity index (χ1v) is 7.87. The van der Waals surface area contributed by atoms with Crippen LogP contribution < -0.4 is 5.32 Å². The molecule has 0 radical (unpaired) electrons. The van der Waals surface area contributed by atoms with Crippen molar-refractivity contribution < 1.29 is 9.53 Å². The molecule has 1 aromatic heterocycles. The molecule has 1 aromatic carbocycles. The summed E-state index contributed by atoms with van der Waals surface area (Å²) in [5.74, 6) is -0.218. The van der Waals surface area contributed by atoms with Crippen LogP contribution in [-0.4, -0.2) is 34.7 Å². The fourth-order valence-corrected chi connectivity index (χ4v) is 3.02. The fourth-order valence-electron chi connectivity index (χ4n) is 2.23. The molecule has 3 rings (SSSR count). The quantitative estimate of drug-likeness (QED) is 0.939. The molecule has 2 heterocycles. The maximum Gasteiger partial charge on any atom is 0.273 e. The van der Waals surface area contributed by atoms with Crippen LogP contribution in [0.15, 0.2) is 24.3 Å². The number of aromatic nitrogens is 2. The van der Waals surface area contributed by atoms with Crippen LogP contribution in [0.4, 0.5) is 0 Å². The highest BCUT2D eigenvalue weighted by molar-refractivity contribution is 7.09. The molecule has 0 saturated carbocycles. The second kappa shape index (κ2) is 6.51. The first-order valence-electron chi connectivity index (χ1n) is 6.72. The molecule has 1 aliphatic heterocycles. The number of carbonyl (C=O) groups is 1. The first-order chi connectivity index (χ1) is 10.2. The van der Waals surface area contributed by atoms with Gasteiger partial charge in [-0.25, -0.2) is 0 Å². The lowest BCUT2D eigenvalue weighted by molar-refractivity contribution is 0.0854. The molecule has 5 nitrogen and oxygen atoms in total. The Morgan fingerprint density at radius 2 is 2.24 bits per heavy atom. The van der Waals surface area contributed by atoms with Crippen molar-refractivity contribution in [1.29, 1.82) is 0 Å². The highest BCUT2D eigenvalue weighted by Crippen LogP contribution is 2.27. The van der Waals surface area contributed by atoms with Gasteiger partial charge in [0.1, 0.15) is 0 Å². The van der Waals surface area contributed by atoms with Gasteiger partial charge >= 0.3 is 0 Å². The number of benzene rings is 1. The lowest BCUT2D eigenvalue weighted by Gasteiger charge is -2.10. The van der Waals surface area contributed by atoms with Crippen molar-refractivity contribution in [3.8, 4) is 10.4 Å². The largest absolute Gasteiger partial charge is 0.376 e. The third-order valence-electron chi connectivity index (χ3n) is 3.32. The van der Waals surface area contributed by atoms with E-state index in [0.717, 1.165) is 29.9 Å². The molecule has 0 unspecified atom stereocenters. The summed E-state index contributed by atoms with van der Waals surface area (Å²) in [5, 5.41) is 7.46. The minimum absolute atomic E-state index is 0.111. The molecule has 1 amide bonds. The average Bonchev–Trinajstić information content (AvgIpc) is 3.17. The molecule has 0 aliphatic carbocycles. The van der Waals surface area contributed by atoms with Gasteiger partial charge in [-0.05, 0) is 42.1 Å². The topological polar surface area (TPSA) is 64.1 Å². The molecule has 1 saturated heterocycles. The van der Waals surface area contributed by atoms with E-state index >= 15 is 0 Å². The Bertz CT molecular complexity index is 623. The molecule has 1 aliphatic rings. The smallest absolute Gasteiger partial charge is 0.273 e. The van der Waals surface area contributed by atoms with Crippen LogP contribution in [0.25, 0.3) is 10.4 Å². The number of amides is 1. The van der Waals surface area contributed by atoms with Gasteiger partial charge in [0.15, 0.2) is 5.69 Å². The van der Waals surface area contributed by atoms with Crippen molar-refractivity contribution in [3.63, 3.8) is 0 Å². The highest BCUT2D eigenvalue weighted by atomic mass is 35.5. The van der Waals surface area contributed by atoms with E-state index in [0.29, 0.717) is 17.3 Å². The van der Waals surface area contributed by atoms with Gasteiger partial charge in [-0.2, -0.15) is 0 Å². The van der Waals surface area contributed by atoms with E-state index in [2.05, 4.69) is 14.9 Å². The van der Waals surface area contributed by atoms with E-state index in [4.69, 9.17) is 16.3 Å². The second-order valence-corrected chi connectivity index (χ2v) is 5.99. The Morgan fingerprint density at radius 3 is 2.95 bits per heavy atom. The molecule has 0 spiro atoms. The Hall–Kier alpha value is -1.50. The van der Waals surface area contributed by atoms with Crippen LogP contribution in [0, 0.1) is 0 Å². The average molecular weight is 324 g/mol. The van der Waals surface area contributed by atoms with Gasteiger partial charge in [0.2, 0.25) is 0 Å². The summed E-state index contributed by atoms with van der Waals surface area (Å²) < 4.78 is 9.37. The fraction of sp³-hybridized carbons (Fsp3) is 0.357. The van der Waals surface area contributed by atoms with Gasteiger partial charge in [-0.3, -0.25) is 4.79 Å². The minimum Gasteiger partial charge on any atom is -0.376 e. The molecule has 110 valence electrons. The van der Waals surface area contributed by atoms with Gasteiger partial charge in [-0.1, -0.05) is 28.2 Å². The maximum absolute atomic E-state index is 12.2. The van der Waals surface area contributed by atoms with Crippen molar-refractivity contribution in [2.45, 2.75) is 18.9 Å². The van der Waals surface area contributed by atoms with Crippen molar-refractivity contribution in [1.82, 2.24) is 14.9 Å². The standard InChI is InChI=1S/C14H14ClN3O2S/c15-10-5-3-9(4-6-10)13-12(17-18-21-13)14(19)16-8-11-2-1-7-20-11/h3-6,11H,1-2,7-8H2,(H,16,19)/t11-/m0/s1. The Labute approximate surface area is 131 Å². The Balaban J connectivity index is 1.72. The number of hydrogen-bond donors (Lipinski definition) is 1. The van der Waals surface area contributed by atoms with E-state index in [1.807, 2.05) is 12.1 Å². The van der Waals surface area contributed by atoms with Crippen LogP contribution in [0.3, 0.4) is 0 Å². The van der Waals surface area contributed by atoms with Crippen molar-refractivity contribution in [3.05, 3.63) is 35.0 Å². The summed E-state index contributed by atoms with van der Waals surface area (Å²) in [7, 11) is 0. The number of nitrogens with zero attached hydrogens (tertiary/aromatic N) is 2. The lowest BCUT2D eigenvalue weighted by atomic mass is 10.1. The van der Waals surface area contributed by atoms with Crippen LogP contribution in [0.2, 0.25) is 5.02 Å². The summed E-state index contributed by atoms with van der Waals surface area (Å²) in [4.78, 5) is 13.0. The summed E-state index contributed by atoms with van der Waals surface area (Å²) in [6.45, 7) is 1.28. The molecule has 1 fully saturated rings. The highest BCUT2D eigenvalue weighted by Gasteiger charge is 2.21. The summed E-state index contributed by atoms with van der Waals surface area (Å²) in [6.07, 6.45) is 2.15. The molecular formula is C14H14ClN3O2S. The molecule has 1 N–H and O–H groups in total. The third kappa shape index (κ3) is 3.40. The zero-order valence-corrected chi connectivity index (χ0v) is 12.8. The number of ether oxygens (including phenoxy) is 1. The van der Waals surface area contributed by atoms with E-state index in [-0.39, 0.29) is 12.0 Å². The number of halogens is 1. The van der Waals surface area contributed by atoms with E-state index < -0.39 is 0 Å². The molecular weight excluding hydrogens is 310 g/mol. The van der Waals surface area contributed by atoms with Crippen molar-refractivity contribution >= 4 is 29.0 Å². The van der Waals surface area contributed by atoms with Crippen LogP contribution in [0.1, 0.15) is 23.3 Å². The Morgan fingerprint density at radius 1 is 1.43 bits per heavy atom.